The molecule has 0 N–H and O–H groups in total. The van der Waals surface area contributed by atoms with Crippen molar-refractivity contribution in [3.63, 3.8) is 0 Å². The molecule has 108 valence electrons. The van der Waals surface area contributed by atoms with Crippen LogP contribution in [-0.4, -0.2) is 20.9 Å². The van der Waals surface area contributed by atoms with Crippen molar-refractivity contribution in [1.29, 1.82) is 0 Å². The molecule has 0 saturated carbocycles. The molecule has 0 unspecified atom stereocenters. The van der Waals surface area contributed by atoms with E-state index in [9.17, 15) is 4.79 Å². The molecule has 5 nitrogen and oxygen atoms in total. The highest BCUT2D eigenvalue weighted by Crippen LogP contribution is 2.15. The quantitative estimate of drug-likeness (QED) is 0.743. The van der Waals surface area contributed by atoms with E-state index in [1.54, 1.807) is 16.7 Å². The third-order valence-electron chi connectivity index (χ3n) is 3.24. The predicted molar refractivity (Wildman–Crippen MR) is 85.0 cm³/mol. The molecule has 0 aliphatic rings. The van der Waals surface area contributed by atoms with Gasteiger partial charge in [-0.2, -0.15) is 0 Å². The molecular formula is C15H16N4OS. The summed E-state index contributed by atoms with van der Waals surface area (Å²) in [6.07, 6.45) is 3.60. The van der Waals surface area contributed by atoms with Gasteiger partial charge in [-0.25, -0.2) is 9.97 Å². The van der Waals surface area contributed by atoms with Crippen LogP contribution in [0.1, 0.15) is 17.5 Å². The fraction of sp³-hybridized carbons (Fsp3) is 0.267. The summed E-state index contributed by atoms with van der Waals surface area (Å²) in [6.45, 7) is 5.43. The van der Waals surface area contributed by atoms with Crippen LogP contribution in [0.2, 0.25) is 0 Å². The molecule has 0 fully saturated rings. The Morgan fingerprint density at radius 1 is 1.38 bits per heavy atom. The lowest BCUT2D eigenvalue weighted by molar-refractivity contribution is 0.791. The lowest BCUT2D eigenvalue weighted by atomic mass is 10.3. The van der Waals surface area contributed by atoms with Crippen molar-refractivity contribution in [1.82, 2.24) is 14.4 Å². The SMILES string of the molecule is CCN(Cc1cc(=O)n2cc(C)sc2n1)c1ccccn1. The Kier molecular flexibility index (Phi) is 3.70. The number of hydrogen-bond donors (Lipinski definition) is 0. The zero-order valence-corrected chi connectivity index (χ0v) is 12.8. The molecule has 3 aromatic heterocycles. The Hall–Kier alpha value is -2.21. The number of aromatic nitrogens is 3. The van der Waals surface area contributed by atoms with Crippen molar-refractivity contribution in [2.75, 3.05) is 11.4 Å². The first-order valence-electron chi connectivity index (χ1n) is 6.82. The van der Waals surface area contributed by atoms with Crippen LogP contribution >= 0.6 is 11.3 Å². The lowest BCUT2D eigenvalue weighted by Gasteiger charge is -2.21. The predicted octanol–water partition coefficient (Wildman–Crippen LogP) is 2.49. The van der Waals surface area contributed by atoms with E-state index < -0.39 is 0 Å². The van der Waals surface area contributed by atoms with Crippen molar-refractivity contribution in [3.05, 3.63) is 57.6 Å². The van der Waals surface area contributed by atoms with Crippen molar-refractivity contribution in [2.24, 2.45) is 0 Å². The maximum atomic E-state index is 12.1. The second-order valence-corrected chi connectivity index (χ2v) is 6.00. The fourth-order valence-electron chi connectivity index (χ4n) is 2.23. The van der Waals surface area contributed by atoms with Gasteiger partial charge in [-0.3, -0.25) is 9.20 Å². The Morgan fingerprint density at radius 2 is 2.24 bits per heavy atom. The van der Waals surface area contributed by atoms with Gasteiger partial charge in [-0.1, -0.05) is 6.07 Å². The average Bonchev–Trinajstić information content (AvgIpc) is 2.87. The van der Waals surface area contributed by atoms with E-state index in [4.69, 9.17) is 0 Å². The zero-order chi connectivity index (χ0) is 14.8. The van der Waals surface area contributed by atoms with Gasteiger partial charge >= 0.3 is 0 Å². The van der Waals surface area contributed by atoms with E-state index in [1.807, 2.05) is 31.3 Å². The molecule has 0 atom stereocenters. The third kappa shape index (κ3) is 2.80. The standard InChI is InChI=1S/C15H16N4OS/c1-3-18(13-6-4-5-7-16-13)10-12-8-14(20)19-9-11(2)21-15(19)17-12/h4-9H,3,10H2,1-2H3. The molecule has 0 bridgehead atoms. The first kappa shape index (κ1) is 13.8. The molecule has 0 amide bonds. The lowest BCUT2D eigenvalue weighted by Crippen LogP contribution is -2.25. The summed E-state index contributed by atoms with van der Waals surface area (Å²) < 4.78 is 1.60. The molecule has 0 aliphatic heterocycles. The highest BCUT2D eigenvalue weighted by atomic mass is 32.1. The van der Waals surface area contributed by atoms with Crippen LogP contribution in [-0.2, 0) is 6.54 Å². The van der Waals surface area contributed by atoms with Crippen molar-refractivity contribution >= 4 is 22.1 Å². The van der Waals surface area contributed by atoms with Crippen LogP contribution in [0, 0.1) is 6.92 Å². The molecule has 21 heavy (non-hydrogen) atoms. The van der Waals surface area contributed by atoms with Gasteiger partial charge in [0.2, 0.25) is 0 Å². The average molecular weight is 300 g/mol. The highest BCUT2D eigenvalue weighted by molar-refractivity contribution is 7.16. The van der Waals surface area contributed by atoms with E-state index in [-0.39, 0.29) is 5.56 Å². The van der Waals surface area contributed by atoms with Crippen molar-refractivity contribution < 1.29 is 0 Å². The van der Waals surface area contributed by atoms with E-state index in [2.05, 4.69) is 21.8 Å². The van der Waals surface area contributed by atoms with E-state index >= 15 is 0 Å². The molecule has 0 saturated heterocycles. The Labute approximate surface area is 126 Å². The second kappa shape index (κ2) is 5.65. The maximum absolute atomic E-state index is 12.1. The molecule has 3 aromatic rings. The molecule has 0 radical (unpaired) electrons. The molecule has 0 aliphatic carbocycles. The number of pyridine rings is 1. The Morgan fingerprint density at radius 3 is 2.95 bits per heavy atom. The van der Waals surface area contributed by atoms with Crippen LogP contribution in [0.25, 0.3) is 4.96 Å². The zero-order valence-electron chi connectivity index (χ0n) is 12.0. The van der Waals surface area contributed by atoms with Gasteiger partial charge in [0.15, 0.2) is 4.96 Å². The van der Waals surface area contributed by atoms with Gasteiger partial charge in [0.05, 0.1) is 12.2 Å². The maximum Gasteiger partial charge on any atom is 0.258 e. The molecular weight excluding hydrogens is 284 g/mol. The fourth-order valence-corrected chi connectivity index (χ4v) is 3.08. The largest absolute Gasteiger partial charge is 0.351 e. The summed E-state index contributed by atoms with van der Waals surface area (Å²) in [6, 6.07) is 7.41. The van der Waals surface area contributed by atoms with E-state index in [0.29, 0.717) is 6.54 Å². The van der Waals surface area contributed by atoms with Gasteiger partial charge in [-0.15, -0.1) is 11.3 Å². The monoisotopic (exact) mass is 300 g/mol. The van der Waals surface area contributed by atoms with Crippen LogP contribution in [0.5, 0.6) is 0 Å². The third-order valence-corrected chi connectivity index (χ3v) is 4.14. The first-order chi connectivity index (χ1) is 10.2. The smallest absolute Gasteiger partial charge is 0.258 e. The summed E-state index contributed by atoms with van der Waals surface area (Å²) in [5, 5.41) is 0. The second-order valence-electron chi connectivity index (χ2n) is 4.78. The summed E-state index contributed by atoms with van der Waals surface area (Å²) in [5.41, 5.74) is 0.741. The number of aryl methyl sites for hydroxylation is 1. The van der Waals surface area contributed by atoms with Crippen LogP contribution in [0.4, 0.5) is 5.82 Å². The number of rotatable bonds is 4. The van der Waals surface area contributed by atoms with E-state index in [1.165, 1.54) is 11.3 Å². The number of nitrogens with zero attached hydrogens (tertiary/aromatic N) is 4. The van der Waals surface area contributed by atoms with Crippen LogP contribution in [0.3, 0.4) is 0 Å². The summed E-state index contributed by atoms with van der Waals surface area (Å²) in [5.74, 6) is 0.893. The van der Waals surface area contributed by atoms with Gasteiger partial charge < -0.3 is 4.90 Å². The van der Waals surface area contributed by atoms with Gasteiger partial charge in [0.25, 0.3) is 5.56 Å². The minimum Gasteiger partial charge on any atom is -0.351 e. The Balaban J connectivity index is 1.95. The topological polar surface area (TPSA) is 50.5 Å². The van der Waals surface area contributed by atoms with Gasteiger partial charge in [-0.05, 0) is 26.0 Å². The van der Waals surface area contributed by atoms with E-state index in [0.717, 1.165) is 27.9 Å². The van der Waals surface area contributed by atoms with Crippen molar-refractivity contribution in [2.45, 2.75) is 20.4 Å². The highest BCUT2D eigenvalue weighted by Gasteiger charge is 2.10. The van der Waals surface area contributed by atoms with Crippen LogP contribution in [0.15, 0.2) is 41.5 Å². The Bertz CT molecular complexity index is 809. The summed E-state index contributed by atoms with van der Waals surface area (Å²) >= 11 is 1.53. The summed E-state index contributed by atoms with van der Waals surface area (Å²) in [7, 11) is 0. The molecule has 0 spiro atoms. The molecule has 6 heteroatoms. The summed E-state index contributed by atoms with van der Waals surface area (Å²) in [4.78, 5) is 25.0. The number of thiazole rings is 1. The van der Waals surface area contributed by atoms with Gasteiger partial charge in [0, 0.05) is 29.9 Å². The molecule has 3 heterocycles. The van der Waals surface area contributed by atoms with Gasteiger partial charge in [0.1, 0.15) is 5.82 Å². The first-order valence-corrected chi connectivity index (χ1v) is 7.63. The van der Waals surface area contributed by atoms with Crippen LogP contribution < -0.4 is 10.5 Å². The molecule has 3 rings (SSSR count). The number of fused-ring (bicyclic) bond motifs is 1. The normalized spacial score (nSPS) is 11.0. The minimum absolute atomic E-state index is 0.0311. The van der Waals surface area contributed by atoms with Crippen molar-refractivity contribution in [3.8, 4) is 0 Å². The number of anilines is 1. The number of hydrogen-bond acceptors (Lipinski definition) is 5. The minimum atomic E-state index is -0.0311. The molecule has 0 aromatic carbocycles.